The number of thiophene rings is 1. The van der Waals surface area contributed by atoms with Gasteiger partial charge in [-0.15, -0.1) is 11.3 Å². The highest BCUT2D eigenvalue weighted by atomic mass is 32.1. The summed E-state index contributed by atoms with van der Waals surface area (Å²) in [6, 6.07) is 6.38. The van der Waals surface area contributed by atoms with Gasteiger partial charge in [0, 0.05) is 22.0 Å². The summed E-state index contributed by atoms with van der Waals surface area (Å²) in [7, 11) is 0. The van der Waals surface area contributed by atoms with Crippen LogP contribution in [0.25, 0.3) is 10.1 Å². The van der Waals surface area contributed by atoms with E-state index in [1.54, 1.807) is 5.38 Å². The predicted octanol–water partition coefficient (Wildman–Crippen LogP) is 0.927. The van der Waals surface area contributed by atoms with Crippen LogP contribution in [0.15, 0.2) is 29.6 Å². The largest absolute Gasteiger partial charge is 0.480 e. The zero-order valence-corrected chi connectivity index (χ0v) is 11.7. The van der Waals surface area contributed by atoms with Crippen molar-refractivity contribution in [3.05, 3.63) is 35.2 Å². The Hall–Kier alpha value is -2.41. The van der Waals surface area contributed by atoms with E-state index in [0.29, 0.717) is 5.56 Å². The molecule has 0 spiro atoms. The van der Waals surface area contributed by atoms with Crippen molar-refractivity contribution in [2.75, 3.05) is 13.1 Å². The van der Waals surface area contributed by atoms with Gasteiger partial charge in [-0.05, 0) is 6.07 Å². The first-order valence-electron chi connectivity index (χ1n) is 6.34. The van der Waals surface area contributed by atoms with E-state index in [-0.39, 0.29) is 19.0 Å². The van der Waals surface area contributed by atoms with Crippen LogP contribution in [0, 0.1) is 0 Å². The van der Waals surface area contributed by atoms with Crippen LogP contribution < -0.4 is 5.32 Å². The van der Waals surface area contributed by atoms with Crippen molar-refractivity contribution in [1.29, 1.82) is 0 Å². The standard InChI is InChI=1S/C14H12N2O4S/c17-12-6-16(10(5-15-12)14(19)20)13(18)9-7-21-11-4-2-1-3-8(9)11/h1-4,7,10H,5-6H2,(H,15,17)(H,19,20). The third-order valence-electron chi connectivity index (χ3n) is 3.44. The van der Waals surface area contributed by atoms with Crippen LogP contribution >= 0.6 is 11.3 Å². The van der Waals surface area contributed by atoms with Gasteiger partial charge in [-0.25, -0.2) is 4.79 Å². The molecule has 2 aromatic rings. The molecule has 0 saturated carbocycles. The summed E-state index contributed by atoms with van der Waals surface area (Å²) < 4.78 is 0.953. The molecule has 1 unspecified atom stereocenters. The third kappa shape index (κ3) is 2.36. The van der Waals surface area contributed by atoms with E-state index in [0.717, 1.165) is 15.0 Å². The molecule has 0 radical (unpaired) electrons. The minimum Gasteiger partial charge on any atom is -0.480 e. The first-order valence-corrected chi connectivity index (χ1v) is 7.22. The van der Waals surface area contributed by atoms with Crippen molar-refractivity contribution in [2.45, 2.75) is 6.04 Å². The molecular weight excluding hydrogens is 292 g/mol. The number of piperazine rings is 1. The second-order valence-corrected chi connectivity index (χ2v) is 5.65. The van der Waals surface area contributed by atoms with Crippen LogP contribution in [0.3, 0.4) is 0 Å². The molecule has 2 amide bonds. The van der Waals surface area contributed by atoms with Crippen molar-refractivity contribution in [3.8, 4) is 0 Å². The van der Waals surface area contributed by atoms with Gasteiger partial charge in [-0.2, -0.15) is 0 Å². The molecule has 6 nitrogen and oxygen atoms in total. The normalized spacial score (nSPS) is 18.6. The predicted molar refractivity (Wildman–Crippen MR) is 77.3 cm³/mol. The van der Waals surface area contributed by atoms with Crippen LogP contribution in [0.4, 0.5) is 0 Å². The number of hydrogen-bond acceptors (Lipinski definition) is 4. The summed E-state index contributed by atoms with van der Waals surface area (Å²) in [4.78, 5) is 36.5. The topological polar surface area (TPSA) is 86.7 Å². The molecule has 21 heavy (non-hydrogen) atoms. The lowest BCUT2D eigenvalue weighted by Gasteiger charge is -2.32. The number of aliphatic carboxylic acids is 1. The Bertz CT molecular complexity index is 739. The van der Waals surface area contributed by atoms with Crippen LogP contribution in [-0.2, 0) is 9.59 Å². The van der Waals surface area contributed by atoms with Crippen LogP contribution in [0.2, 0.25) is 0 Å². The van der Waals surface area contributed by atoms with Gasteiger partial charge >= 0.3 is 5.97 Å². The molecule has 0 aliphatic carbocycles. The summed E-state index contributed by atoms with van der Waals surface area (Å²) in [6.07, 6.45) is 0. The Morgan fingerprint density at radius 3 is 2.86 bits per heavy atom. The minimum absolute atomic E-state index is 0.0675. The van der Waals surface area contributed by atoms with Crippen molar-refractivity contribution in [3.63, 3.8) is 0 Å². The van der Waals surface area contributed by atoms with Gasteiger partial charge in [0.2, 0.25) is 5.91 Å². The van der Waals surface area contributed by atoms with E-state index < -0.39 is 17.9 Å². The highest BCUT2D eigenvalue weighted by Crippen LogP contribution is 2.27. The molecule has 1 fully saturated rings. The fourth-order valence-electron chi connectivity index (χ4n) is 2.37. The van der Waals surface area contributed by atoms with Crippen molar-refractivity contribution in [2.24, 2.45) is 0 Å². The smallest absolute Gasteiger partial charge is 0.328 e. The van der Waals surface area contributed by atoms with E-state index in [1.807, 2.05) is 24.3 Å². The summed E-state index contributed by atoms with van der Waals surface area (Å²) in [6.45, 7) is -0.304. The lowest BCUT2D eigenvalue weighted by atomic mass is 10.1. The number of nitrogens with one attached hydrogen (secondary N) is 1. The summed E-state index contributed by atoms with van der Waals surface area (Å²) in [5.41, 5.74) is 0.441. The number of benzene rings is 1. The Morgan fingerprint density at radius 2 is 2.10 bits per heavy atom. The van der Waals surface area contributed by atoms with Gasteiger partial charge < -0.3 is 15.3 Å². The molecule has 3 rings (SSSR count). The van der Waals surface area contributed by atoms with E-state index in [1.165, 1.54) is 11.3 Å². The van der Waals surface area contributed by atoms with E-state index >= 15 is 0 Å². The Labute approximate surface area is 124 Å². The number of carbonyl (C=O) groups excluding carboxylic acids is 2. The highest BCUT2D eigenvalue weighted by molar-refractivity contribution is 7.17. The average Bonchev–Trinajstić information content (AvgIpc) is 2.90. The van der Waals surface area contributed by atoms with Crippen molar-refractivity contribution in [1.82, 2.24) is 10.2 Å². The van der Waals surface area contributed by atoms with Crippen LogP contribution in [0.1, 0.15) is 10.4 Å². The van der Waals surface area contributed by atoms with Gasteiger partial charge in [0.25, 0.3) is 5.91 Å². The van der Waals surface area contributed by atoms with Crippen LogP contribution in [-0.4, -0.2) is 46.9 Å². The first kappa shape index (κ1) is 13.6. The molecule has 108 valence electrons. The lowest BCUT2D eigenvalue weighted by molar-refractivity contribution is -0.144. The second-order valence-electron chi connectivity index (χ2n) is 4.74. The van der Waals surface area contributed by atoms with E-state index in [4.69, 9.17) is 0 Å². The van der Waals surface area contributed by atoms with Crippen molar-refractivity contribution >= 4 is 39.2 Å². The van der Waals surface area contributed by atoms with Gasteiger partial charge in [0.15, 0.2) is 0 Å². The highest BCUT2D eigenvalue weighted by Gasteiger charge is 2.36. The SMILES string of the molecule is O=C1CN(C(=O)c2csc3ccccc23)C(C(=O)O)CN1. The number of nitrogens with zero attached hydrogens (tertiary/aromatic N) is 1. The molecule has 1 aliphatic rings. The molecule has 0 bridgehead atoms. The number of amides is 2. The van der Waals surface area contributed by atoms with Gasteiger partial charge in [-0.3, -0.25) is 9.59 Å². The maximum Gasteiger partial charge on any atom is 0.328 e. The molecule has 7 heteroatoms. The number of carbonyl (C=O) groups is 3. The zero-order chi connectivity index (χ0) is 15.0. The molecule has 2 N–H and O–H groups in total. The molecular formula is C14H12N2O4S. The van der Waals surface area contributed by atoms with Crippen molar-refractivity contribution < 1.29 is 19.5 Å². The van der Waals surface area contributed by atoms with Gasteiger partial charge in [0.1, 0.15) is 12.6 Å². The zero-order valence-electron chi connectivity index (χ0n) is 10.9. The summed E-state index contributed by atoms with van der Waals surface area (Å²) >= 11 is 1.42. The fourth-order valence-corrected chi connectivity index (χ4v) is 3.31. The summed E-state index contributed by atoms with van der Waals surface area (Å²) in [5.74, 6) is -1.89. The van der Waals surface area contributed by atoms with Crippen LogP contribution in [0.5, 0.6) is 0 Å². The Kier molecular flexibility index (Phi) is 3.34. The van der Waals surface area contributed by atoms with Gasteiger partial charge in [-0.1, -0.05) is 18.2 Å². The monoisotopic (exact) mass is 304 g/mol. The number of carboxylic acids is 1. The number of hydrogen-bond donors (Lipinski definition) is 2. The molecule has 1 aromatic carbocycles. The molecule has 1 aromatic heterocycles. The number of rotatable bonds is 2. The molecule has 2 heterocycles. The first-order chi connectivity index (χ1) is 10.1. The average molecular weight is 304 g/mol. The van der Waals surface area contributed by atoms with Gasteiger partial charge in [0.05, 0.1) is 5.56 Å². The minimum atomic E-state index is -1.12. The van der Waals surface area contributed by atoms with E-state index in [2.05, 4.69) is 5.32 Å². The maximum absolute atomic E-state index is 12.6. The summed E-state index contributed by atoms with van der Waals surface area (Å²) in [5, 5.41) is 14.2. The molecule has 1 saturated heterocycles. The Balaban J connectivity index is 1.99. The van der Waals surface area contributed by atoms with E-state index in [9.17, 15) is 19.5 Å². The lowest BCUT2D eigenvalue weighted by Crippen LogP contribution is -2.59. The number of fused-ring (bicyclic) bond motifs is 1. The maximum atomic E-state index is 12.6. The molecule has 1 aliphatic heterocycles. The second kappa shape index (κ2) is 5.17. The fraction of sp³-hybridized carbons (Fsp3) is 0.214. The molecule has 1 atom stereocenters. The number of carboxylic acid groups (broad SMARTS) is 1. The Morgan fingerprint density at radius 1 is 1.33 bits per heavy atom. The quantitative estimate of drug-likeness (QED) is 0.864. The third-order valence-corrected chi connectivity index (χ3v) is 4.40.